The summed E-state index contributed by atoms with van der Waals surface area (Å²) >= 11 is 11.7. The lowest BCUT2D eigenvalue weighted by molar-refractivity contribution is 0.949. The van der Waals surface area contributed by atoms with Gasteiger partial charge in [-0.1, -0.05) is 23.7 Å². The van der Waals surface area contributed by atoms with Gasteiger partial charge in [0.15, 0.2) is 0 Å². The molecule has 3 rings (SSSR count). The van der Waals surface area contributed by atoms with Gasteiger partial charge in [-0.05, 0) is 42.8 Å². The molecular weight excluding hydrogens is 305 g/mol. The van der Waals surface area contributed by atoms with E-state index in [-0.39, 0.29) is 0 Å². The molecule has 108 valence electrons. The first kappa shape index (κ1) is 14.2. The molecule has 0 aliphatic heterocycles. The standard InChI is InChI=1S/C16H15Cl2N3/c17-10-3-11-19-16-20-14-4-1-2-5-15(14)21(16)13-8-6-12(18)7-9-13/h1-2,4-9H,3,10-11H2,(H,19,20). The van der Waals surface area contributed by atoms with Crippen LogP contribution in [0.5, 0.6) is 0 Å². The Morgan fingerprint density at radius 2 is 1.81 bits per heavy atom. The molecule has 0 unspecified atom stereocenters. The number of benzene rings is 2. The van der Waals surface area contributed by atoms with Crippen LogP contribution in [0.1, 0.15) is 6.42 Å². The van der Waals surface area contributed by atoms with Crippen LogP contribution >= 0.6 is 23.2 Å². The Balaban J connectivity index is 2.08. The van der Waals surface area contributed by atoms with Gasteiger partial charge in [-0.2, -0.15) is 0 Å². The van der Waals surface area contributed by atoms with Crippen molar-refractivity contribution in [2.75, 3.05) is 17.7 Å². The second-order valence-electron chi connectivity index (χ2n) is 4.71. The molecular formula is C16H15Cl2N3. The fraction of sp³-hybridized carbons (Fsp3) is 0.188. The van der Waals surface area contributed by atoms with E-state index < -0.39 is 0 Å². The van der Waals surface area contributed by atoms with E-state index in [2.05, 4.69) is 20.9 Å². The van der Waals surface area contributed by atoms with Crippen LogP contribution in [-0.4, -0.2) is 22.0 Å². The van der Waals surface area contributed by atoms with Crippen LogP contribution in [0.2, 0.25) is 5.02 Å². The summed E-state index contributed by atoms with van der Waals surface area (Å²) < 4.78 is 2.10. The largest absolute Gasteiger partial charge is 0.355 e. The number of aromatic nitrogens is 2. The number of imidazole rings is 1. The highest BCUT2D eigenvalue weighted by molar-refractivity contribution is 6.30. The van der Waals surface area contributed by atoms with Crippen molar-refractivity contribution in [2.45, 2.75) is 6.42 Å². The number of halogens is 2. The molecule has 0 aliphatic carbocycles. The average Bonchev–Trinajstić information content (AvgIpc) is 2.87. The Morgan fingerprint density at radius 1 is 1.05 bits per heavy atom. The maximum Gasteiger partial charge on any atom is 0.208 e. The highest BCUT2D eigenvalue weighted by Crippen LogP contribution is 2.25. The molecule has 21 heavy (non-hydrogen) atoms. The first-order chi connectivity index (χ1) is 10.3. The van der Waals surface area contributed by atoms with Crippen molar-refractivity contribution in [2.24, 2.45) is 0 Å². The number of nitrogens with one attached hydrogen (secondary N) is 1. The third-order valence-corrected chi connectivity index (χ3v) is 3.76. The number of para-hydroxylation sites is 2. The Morgan fingerprint density at radius 3 is 2.57 bits per heavy atom. The number of hydrogen-bond donors (Lipinski definition) is 1. The third-order valence-electron chi connectivity index (χ3n) is 3.24. The topological polar surface area (TPSA) is 29.9 Å². The van der Waals surface area contributed by atoms with Crippen LogP contribution in [0.3, 0.4) is 0 Å². The lowest BCUT2D eigenvalue weighted by Crippen LogP contribution is -2.08. The molecule has 0 radical (unpaired) electrons. The van der Waals surface area contributed by atoms with Gasteiger partial charge in [-0.3, -0.25) is 4.57 Å². The van der Waals surface area contributed by atoms with E-state index >= 15 is 0 Å². The SMILES string of the molecule is ClCCCNc1nc2ccccc2n1-c1ccc(Cl)cc1. The lowest BCUT2D eigenvalue weighted by atomic mass is 10.3. The summed E-state index contributed by atoms with van der Waals surface area (Å²) in [5.74, 6) is 1.46. The summed E-state index contributed by atoms with van der Waals surface area (Å²) in [7, 11) is 0. The molecule has 1 heterocycles. The van der Waals surface area contributed by atoms with Crippen LogP contribution in [0.25, 0.3) is 16.7 Å². The van der Waals surface area contributed by atoms with E-state index in [4.69, 9.17) is 23.2 Å². The van der Waals surface area contributed by atoms with Gasteiger partial charge < -0.3 is 5.32 Å². The quantitative estimate of drug-likeness (QED) is 0.544. The van der Waals surface area contributed by atoms with Gasteiger partial charge in [0.2, 0.25) is 5.95 Å². The monoisotopic (exact) mass is 319 g/mol. The Bertz CT molecular complexity index is 735. The minimum atomic E-state index is 0.633. The smallest absolute Gasteiger partial charge is 0.208 e. The van der Waals surface area contributed by atoms with Gasteiger partial charge in [0.05, 0.1) is 11.0 Å². The molecule has 0 fully saturated rings. The van der Waals surface area contributed by atoms with Crippen molar-refractivity contribution in [3.05, 3.63) is 53.6 Å². The van der Waals surface area contributed by atoms with E-state index in [1.165, 1.54) is 0 Å². The van der Waals surface area contributed by atoms with Crippen LogP contribution in [0, 0.1) is 0 Å². The predicted octanol–water partition coefficient (Wildman–Crippen LogP) is 4.72. The van der Waals surface area contributed by atoms with Gasteiger partial charge >= 0.3 is 0 Å². The minimum absolute atomic E-state index is 0.633. The summed E-state index contributed by atoms with van der Waals surface area (Å²) in [6, 6.07) is 15.8. The molecule has 1 aromatic heterocycles. The Hall–Kier alpha value is -1.71. The fourth-order valence-corrected chi connectivity index (χ4v) is 2.52. The van der Waals surface area contributed by atoms with E-state index in [1.807, 2.05) is 42.5 Å². The molecule has 2 aromatic carbocycles. The van der Waals surface area contributed by atoms with Gasteiger partial charge in [-0.15, -0.1) is 11.6 Å². The first-order valence-corrected chi connectivity index (χ1v) is 7.74. The van der Waals surface area contributed by atoms with Crippen LogP contribution in [0.4, 0.5) is 5.95 Å². The molecule has 0 aliphatic rings. The van der Waals surface area contributed by atoms with E-state index in [9.17, 15) is 0 Å². The average molecular weight is 320 g/mol. The molecule has 3 nitrogen and oxygen atoms in total. The zero-order valence-corrected chi connectivity index (χ0v) is 12.9. The zero-order chi connectivity index (χ0) is 14.7. The maximum absolute atomic E-state index is 5.98. The van der Waals surface area contributed by atoms with Crippen LogP contribution < -0.4 is 5.32 Å². The Kier molecular flexibility index (Phi) is 4.32. The molecule has 5 heteroatoms. The predicted molar refractivity (Wildman–Crippen MR) is 89.9 cm³/mol. The van der Waals surface area contributed by atoms with Crippen molar-refractivity contribution in [3.63, 3.8) is 0 Å². The van der Waals surface area contributed by atoms with Crippen LogP contribution in [0.15, 0.2) is 48.5 Å². The Labute approximate surface area is 133 Å². The van der Waals surface area contributed by atoms with Crippen molar-refractivity contribution >= 4 is 40.2 Å². The second kappa shape index (κ2) is 6.37. The summed E-state index contributed by atoms with van der Waals surface area (Å²) in [5.41, 5.74) is 3.05. The lowest BCUT2D eigenvalue weighted by Gasteiger charge is -2.10. The zero-order valence-electron chi connectivity index (χ0n) is 11.4. The van der Waals surface area contributed by atoms with Gasteiger partial charge in [0.1, 0.15) is 0 Å². The van der Waals surface area contributed by atoms with Crippen molar-refractivity contribution in [3.8, 4) is 5.69 Å². The highest BCUT2D eigenvalue weighted by atomic mass is 35.5. The van der Waals surface area contributed by atoms with E-state index in [1.54, 1.807) is 0 Å². The van der Waals surface area contributed by atoms with Crippen molar-refractivity contribution in [1.29, 1.82) is 0 Å². The minimum Gasteiger partial charge on any atom is -0.355 e. The number of fused-ring (bicyclic) bond motifs is 1. The molecule has 0 atom stereocenters. The molecule has 0 saturated carbocycles. The molecule has 3 aromatic rings. The number of rotatable bonds is 5. The van der Waals surface area contributed by atoms with Gasteiger partial charge in [0.25, 0.3) is 0 Å². The maximum atomic E-state index is 5.98. The summed E-state index contributed by atoms with van der Waals surface area (Å²) in [6.07, 6.45) is 0.894. The third kappa shape index (κ3) is 2.99. The number of nitrogens with zero attached hydrogens (tertiary/aromatic N) is 2. The number of hydrogen-bond acceptors (Lipinski definition) is 2. The van der Waals surface area contributed by atoms with Gasteiger partial charge in [-0.25, -0.2) is 4.98 Å². The molecule has 0 spiro atoms. The molecule has 1 N–H and O–H groups in total. The molecule has 0 bridgehead atoms. The molecule has 0 amide bonds. The number of anilines is 1. The summed E-state index contributed by atoms with van der Waals surface area (Å²) in [4.78, 5) is 4.66. The molecule has 0 saturated heterocycles. The van der Waals surface area contributed by atoms with E-state index in [0.29, 0.717) is 5.88 Å². The second-order valence-corrected chi connectivity index (χ2v) is 5.52. The van der Waals surface area contributed by atoms with E-state index in [0.717, 1.165) is 40.7 Å². The highest BCUT2D eigenvalue weighted by Gasteiger charge is 2.11. The van der Waals surface area contributed by atoms with Crippen molar-refractivity contribution < 1.29 is 0 Å². The summed E-state index contributed by atoms with van der Waals surface area (Å²) in [5, 5.41) is 4.07. The fourth-order valence-electron chi connectivity index (χ4n) is 2.26. The van der Waals surface area contributed by atoms with Crippen LogP contribution in [-0.2, 0) is 0 Å². The number of alkyl halides is 1. The summed E-state index contributed by atoms with van der Waals surface area (Å²) in [6.45, 7) is 0.792. The first-order valence-electron chi connectivity index (χ1n) is 6.83. The van der Waals surface area contributed by atoms with Gasteiger partial charge in [0, 0.05) is 23.1 Å². The van der Waals surface area contributed by atoms with Crippen molar-refractivity contribution in [1.82, 2.24) is 9.55 Å². The normalized spacial score (nSPS) is 11.0.